The molecule has 0 aliphatic carbocycles. The first-order chi connectivity index (χ1) is 19.8. The van der Waals surface area contributed by atoms with E-state index in [0.29, 0.717) is 0 Å². The van der Waals surface area contributed by atoms with Gasteiger partial charge in [0.15, 0.2) is 0 Å². The van der Waals surface area contributed by atoms with E-state index in [9.17, 15) is 0 Å². The lowest BCUT2D eigenvalue weighted by molar-refractivity contribution is 1.33. The smallest absolute Gasteiger partial charge is 0.0701 e. The minimum Gasteiger partial charge on any atom is -0.256 e. The van der Waals surface area contributed by atoms with Crippen molar-refractivity contribution in [3.05, 3.63) is 134 Å². The molecule has 0 bridgehead atoms. The summed E-state index contributed by atoms with van der Waals surface area (Å²) >= 11 is 3.80. The molecule has 0 radical (unpaired) electrons. The Morgan fingerprint density at radius 3 is 1.18 bits per heavy atom. The first-order valence-corrected chi connectivity index (χ1v) is 14.9. The molecule has 188 valence electrons. The molecule has 8 aromatic rings. The number of hydrogen-bond acceptors (Lipinski definition) is 4. The van der Waals surface area contributed by atoms with Crippen LogP contribution in [0, 0.1) is 0 Å². The Morgan fingerprint density at radius 2 is 0.775 bits per heavy atom. The van der Waals surface area contributed by atoms with Crippen molar-refractivity contribution in [1.82, 2.24) is 9.97 Å². The van der Waals surface area contributed by atoms with E-state index in [-0.39, 0.29) is 0 Å². The molecule has 0 amide bonds. The number of pyridine rings is 2. The molecule has 0 saturated heterocycles. The number of hydrogen-bond donors (Lipinski definition) is 0. The van der Waals surface area contributed by atoms with Gasteiger partial charge in [-0.25, -0.2) is 0 Å². The summed E-state index contributed by atoms with van der Waals surface area (Å²) in [5, 5.41) is 2.69. The molecule has 4 aromatic heterocycles. The minimum atomic E-state index is 1.000. The van der Waals surface area contributed by atoms with Crippen molar-refractivity contribution in [3.63, 3.8) is 0 Å². The highest BCUT2D eigenvalue weighted by Gasteiger charge is 2.14. The molecular formula is C36H22N2S2. The fourth-order valence-corrected chi connectivity index (χ4v) is 8.08. The molecule has 0 fully saturated rings. The number of fused-ring (bicyclic) bond motifs is 5. The molecule has 4 aromatic carbocycles. The molecule has 0 saturated carbocycles. The Morgan fingerprint density at radius 1 is 0.375 bits per heavy atom. The van der Waals surface area contributed by atoms with Gasteiger partial charge in [0.05, 0.1) is 20.8 Å². The van der Waals surface area contributed by atoms with Gasteiger partial charge >= 0.3 is 0 Å². The van der Waals surface area contributed by atoms with Crippen molar-refractivity contribution in [2.45, 2.75) is 0 Å². The predicted octanol–water partition coefficient (Wildman–Crippen LogP) is 10.7. The maximum Gasteiger partial charge on any atom is 0.0701 e. The molecule has 0 N–H and O–H groups in total. The van der Waals surface area contributed by atoms with Crippen molar-refractivity contribution in [2.24, 2.45) is 0 Å². The maximum absolute atomic E-state index is 4.47. The van der Waals surface area contributed by atoms with E-state index in [1.54, 1.807) is 0 Å². The van der Waals surface area contributed by atoms with E-state index in [1.807, 2.05) is 71.5 Å². The van der Waals surface area contributed by atoms with E-state index in [2.05, 4.69) is 94.9 Å². The average molecular weight is 547 g/mol. The molecule has 4 heterocycles. The summed E-state index contributed by atoms with van der Waals surface area (Å²) in [6.45, 7) is 0. The zero-order chi connectivity index (χ0) is 26.5. The monoisotopic (exact) mass is 546 g/mol. The fourth-order valence-electron chi connectivity index (χ4n) is 5.35. The number of thiophene rings is 2. The second kappa shape index (κ2) is 9.53. The lowest BCUT2D eigenvalue weighted by atomic mass is 10.0. The number of rotatable bonds is 4. The van der Waals surface area contributed by atoms with Gasteiger partial charge in [-0.1, -0.05) is 84.9 Å². The third kappa shape index (κ3) is 4.01. The Hall–Kier alpha value is -4.64. The van der Waals surface area contributed by atoms with Gasteiger partial charge in [0.2, 0.25) is 0 Å². The van der Waals surface area contributed by atoms with Gasteiger partial charge in [-0.05, 0) is 58.7 Å². The Kier molecular flexibility index (Phi) is 5.54. The standard InChI is InChI=1S/C36H22N2S2/c1-3-19-37-31(5-1)25-11-7-23(8-12-25)27-15-17-29-33(21-27)39-36-30-18-16-28(22-34(30)40-35(29)36)24-9-13-26(14-10-24)32-6-2-4-20-38-32/h1-22H. The van der Waals surface area contributed by atoms with Gasteiger partial charge in [0.25, 0.3) is 0 Å². The molecule has 0 aliphatic rings. The lowest BCUT2D eigenvalue weighted by Gasteiger charge is -2.05. The van der Waals surface area contributed by atoms with Crippen LogP contribution in [0.3, 0.4) is 0 Å². The van der Waals surface area contributed by atoms with Gasteiger partial charge < -0.3 is 0 Å². The highest BCUT2D eigenvalue weighted by molar-refractivity contribution is 7.36. The van der Waals surface area contributed by atoms with Crippen LogP contribution in [0.1, 0.15) is 0 Å². The highest BCUT2D eigenvalue weighted by Crippen LogP contribution is 2.46. The molecule has 2 nitrogen and oxygen atoms in total. The second-order valence-corrected chi connectivity index (χ2v) is 12.0. The Balaban J connectivity index is 1.12. The quantitative estimate of drug-likeness (QED) is 0.219. The van der Waals surface area contributed by atoms with Gasteiger partial charge in [-0.15, -0.1) is 22.7 Å². The zero-order valence-corrected chi connectivity index (χ0v) is 23.0. The topological polar surface area (TPSA) is 25.8 Å². The lowest BCUT2D eigenvalue weighted by Crippen LogP contribution is -1.83. The third-order valence-electron chi connectivity index (χ3n) is 7.44. The average Bonchev–Trinajstić information content (AvgIpc) is 3.57. The third-order valence-corrected chi connectivity index (χ3v) is 9.94. The first-order valence-electron chi connectivity index (χ1n) is 13.2. The molecule has 4 heteroatoms. The second-order valence-electron chi connectivity index (χ2n) is 9.87. The molecule has 40 heavy (non-hydrogen) atoms. The zero-order valence-electron chi connectivity index (χ0n) is 21.4. The molecule has 0 aliphatic heterocycles. The summed E-state index contributed by atoms with van der Waals surface area (Å²) in [7, 11) is 0. The SMILES string of the molecule is c1ccc(-c2ccc(-c3ccc4c(c3)sc3c5ccc(-c6ccc(-c7ccccn7)cc6)cc5sc43)cc2)nc1. The minimum absolute atomic E-state index is 1.000. The van der Waals surface area contributed by atoms with E-state index in [4.69, 9.17) is 0 Å². The van der Waals surface area contributed by atoms with Crippen LogP contribution in [-0.4, -0.2) is 9.97 Å². The molecular weight excluding hydrogens is 525 g/mol. The van der Waals surface area contributed by atoms with Crippen LogP contribution in [-0.2, 0) is 0 Å². The van der Waals surface area contributed by atoms with Crippen LogP contribution in [0.25, 0.3) is 74.3 Å². The molecule has 0 spiro atoms. The van der Waals surface area contributed by atoms with Crippen molar-refractivity contribution in [2.75, 3.05) is 0 Å². The Labute approximate surface area is 239 Å². The van der Waals surface area contributed by atoms with Crippen LogP contribution >= 0.6 is 22.7 Å². The van der Waals surface area contributed by atoms with Crippen molar-refractivity contribution in [1.29, 1.82) is 0 Å². The normalized spacial score (nSPS) is 11.5. The largest absolute Gasteiger partial charge is 0.256 e. The van der Waals surface area contributed by atoms with Crippen molar-refractivity contribution >= 4 is 52.2 Å². The fraction of sp³-hybridized carbons (Fsp3) is 0. The Bertz CT molecular complexity index is 1970. The van der Waals surface area contributed by atoms with Crippen LogP contribution < -0.4 is 0 Å². The molecule has 0 unspecified atom stereocenters. The summed E-state index contributed by atoms with van der Waals surface area (Å²) in [4.78, 5) is 8.95. The maximum atomic E-state index is 4.47. The van der Waals surface area contributed by atoms with E-state index < -0.39 is 0 Å². The van der Waals surface area contributed by atoms with Crippen LogP contribution in [0.2, 0.25) is 0 Å². The summed E-state index contributed by atoms with van der Waals surface area (Å²) in [5.41, 5.74) is 9.21. The van der Waals surface area contributed by atoms with Gasteiger partial charge in [-0.2, -0.15) is 0 Å². The number of aromatic nitrogens is 2. The van der Waals surface area contributed by atoms with E-state index >= 15 is 0 Å². The van der Waals surface area contributed by atoms with Crippen molar-refractivity contribution < 1.29 is 0 Å². The summed E-state index contributed by atoms with van der Waals surface area (Å²) in [5.74, 6) is 0. The van der Waals surface area contributed by atoms with Gasteiger partial charge in [-0.3, -0.25) is 9.97 Å². The number of benzene rings is 4. The number of nitrogens with zero attached hydrogens (tertiary/aromatic N) is 2. The van der Waals surface area contributed by atoms with Crippen LogP contribution in [0.15, 0.2) is 134 Å². The summed E-state index contributed by atoms with van der Waals surface area (Å²) < 4.78 is 5.44. The van der Waals surface area contributed by atoms with Crippen LogP contribution in [0.4, 0.5) is 0 Å². The van der Waals surface area contributed by atoms with Crippen LogP contribution in [0.5, 0.6) is 0 Å². The van der Waals surface area contributed by atoms with E-state index in [0.717, 1.165) is 22.5 Å². The van der Waals surface area contributed by atoms with Gasteiger partial charge in [0, 0.05) is 43.7 Å². The summed E-state index contributed by atoms with van der Waals surface area (Å²) in [6.07, 6.45) is 3.68. The highest BCUT2D eigenvalue weighted by atomic mass is 32.1. The van der Waals surface area contributed by atoms with Gasteiger partial charge in [0.1, 0.15) is 0 Å². The van der Waals surface area contributed by atoms with Crippen molar-refractivity contribution in [3.8, 4) is 44.8 Å². The molecule has 8 rings (SSSR count). The van der Waals surface area contributed by atoms with E-state index in [1.165, 1.54) is 51.8 Å². The molecule has 0 atom stereocenters. The first kappa shape index (κ1) is 23.3. The summed E-state index contributed by atoms with van der Waals surface area (Å²) in [6, 6.07) is 43.2. The predicted molar refractivity (Wildman–Crippen MR) is 172 cm³/mol.